The summed E-state index contributed by atoms with van der Waals surface area (Å²) in [5.41, 5.74) is 0.239. The summed E-state index contributed by atoms with van der Waals surface area (Å²) in [5, 5.41) is 0.288. The molecule has 24 heavy (non-hydrogen) atoms. The molecule has 1 fully saturated rings. The number of carbonyl (C=O) groups excluding carboxylic acids is 1. The van der Waals surface area contributed by atoms with Crippen molar-refractivity contribution in [2.45, 2.75) is 6.92 Å². The summed E-state index contributed by atoms with van der Waals surface area (Å²) >= 11 is 0. The number of pyridine rings is 1. The van der Waals surface area contributed by atoms with Crippen LogP contribution in [0, 0.1) is 5.82 Å². The smallest absolute Gasteiger partial charge is 0.343 e. The lowest BCUT2D eigenvalue weighted by atomic mass is 10.1. The van der Waals surface area contributed by atoms with E-state index < -0.39 is 11.4 Å². The first-order chi connectivity index (χ1) is 11.5. The maximum Gasteiger partial charge on any atom is 0.343 e. The van der Waals surface area contributed by atoms with Crippen LogP contribution >= 0.6 is 0 Å². The van der Waals surface area contributed by atoms with Crippen molar-refractivity contribution in [3.63, 3.8) is 0 Å². The molecule has 0 aliphatic carbocycles. The molecule has 2 heterocycles. The molecule has 2 aromatic rings. The van der Waals surface area contributed by atoms with E-state index in [2.05, 4.69) is 9.88 Å². The van der Waals surface area contributed by atoms with Crippen LogP contribution in [0.2, 0.25) is 0 Å². The number of aromatic nitrogens is 1. The van der Waals surface area contributed by atoms with Crippen LogP contribution in [0.25, 0.3) is 10.9 Å². The predicted molar refractivity (Wildman–Crippen MR) is 90.2 cm³/mol. The van der Waals surface area contributed by atoms with Gasteiger partial charge in [-0.3, -0.25) is 4.79 Å². The summed E-state index contributed by atoms with van der Waals surface area (Å²) < 4.78 is 19.3. The number of anilines is 1. The average Bonchev–Trinajstić information content (AvgIpc) is 2.56. The lowest BCUT2D eigenvalue weighted by molar-refractivity contribution is 0.0524. The first-order valence-electron chi connectivity index (χ1n) is 7.96. The number of rotatable bonds is 3. The number of H-pyrrole nitrogens is 1. The quantitative estimate of drug-likeness (QED) is 0.864. The normalized spacial score (nSPS) is 15.7. The third kappa shape index (κ3) is 2.99. The van der Waals surface area contributed by atoms with Gasteiger partial charge in [-0.2, -0.15) is 0 Å². The van der Waals surface area contributed by atoms with E-state index in [1.807, 2.05) is 11.9 Å². The van der Waals surface area contributed by atoms with Gasteiger partial charge in [0.25, 0.3) is 0 Å². The fourth-order valence-corrected chi connectivity index (χ4v) is 2.88. The second-order valence-electron chi connectivity index (χ2n) is 5.89. The van der Waals surface area contributed by atoms with Gasteiger partial charge in [0.2, 0.25) is 5.43 Å². The van der Waals surface area contributed by atoms with Crippen LogP contribution in [0.3, 0.4) is 0 Å². The number of benzene rings is 1. The first-order valence-corrected chi connectivity index (χ1v) is 7.96. The molecule has 0 saturated carbocycles. The van der Waals surface area contributed by atoms with E-state index in [4.69, 9.17) is 4.74 Å². The van der Waals surface area contributed by atoms with Gasteiger partial charge in [-0.15, -0.1) is 0 Å². The Morgan fingerprint density at radius 2 is 2.00 bits per heavy atom. The monoisotopic (exact) mass is 333 g/mol. The number of carbonyl (C=O) groups is 1. The number of hydrogen-bond acceptors (Lipinski definition) is 5. The number of halogens is 1. The minimum atomic E-state index is -0.675. The SMILES string of the molecule is CCOC(=O)c1c[nH]c2cc(F)c(N3CCN(C)CC3)cc2c1=O. The fraction of sp³-hybridized carbons (Fsp3) is 0.412. The highest BCUT2D eigenvalue weighted by Gasteiger charge is 2.20. The molecule has 1 aromatic heterocycles. The summed E-state index contributed by atoms with van der Waals surface area (Å²) in [6.45, 7) is 4.90. The Bertz CT molecular complexity index is 826. The van der Waals surface area contributed by atoms with Crippen LogP contribution in [0.5, 0.6) is 0 Å². The highest BCUT2D eigenvalue weighted by atomic mass is 19.1. The van der Waals surface area contributed by atoms with Crippen molar-refractivity contribution in [1.29, 1.82) is 0 Å². The zero-order chi connectivity index (χ0) is 17.3. The molecule has 0 radical (unpaired) electrons. The van der Waals surface area contributed by atoms with E-state index in [-0.39, 0.29) is 23.4 Å². The van der Waals surface area contributed by atoms with Gasteiger partial charge in [-0.1, -0.05) is 0 Å². The lowest BCUT2D eigenvalue weighted by Gasteiger charge is -2.34. The molecule has 128 valence electrons. The van der Waals surface area contributed by atoms with Gasteiger partial charge in [-0.25, -0.2) is 9.18 Å². The third-order valence-electron chi connectivity index (χ3n) is 4.29. The van der Waals surface area contributed by atoms with Crippen molar-refractivity contribution < 1.29 is 13.9 Å². The molecule has 0 bridgehead atoms. The average molecular weight is 333 g/mol. The van der Waals surface area contributed by atoms with Crippen LogP contribution in [0.1, 0.15) is 17.3 Å². The number of aromatic amines is 1. The molecule has 1 aromatic carbocycles. The van der Waals surface area contributed by atoms with E-state index >= 15 is 0 Å². The van der Waals surface area contributed by atoms with Gasteiger partial charge in [0.1, 0.15) is 11.4 Å². The van der Waals surface area contributed by atoms with Crippen molar-refractivity contribution in [1.82, 2.24) is 9.88 Å². The Morgan fingerprint density at radius 1 is 1.29 bits per heavy atom. The number of piperazine rings is 1. The molecule has 7 heteroatoms. The van der Waals surface area contributed by atoms with E-state index in [0.29, 0.717) is 24.3 Å². The van der Waals surface area contributed by atoms with Crippen molar-refractivity contribution in [3.05, 3.63) is 39.9 Å². The maximum absolute atomic E-state index is 14.4. The number of likely N-dealkylation sites (N-methyl/N-ethyl adjacent to an activating group) is 1. The Balaban J connectivity index is 2.06. The first kappa shape index (κ1) is 16.4. The van der Waals surface area contributed by atoms with E-state index in [1.54, 1.807) is 6.92 Å². The van der Waals surface area contributed by atoms with Gasteiger partial charge in [0.05, 0.1) is 17.8 Å². The molecule has 3 rings (SSSR count). The van der Waals surface area contributed by atoms with Crippen LogP contribution in [0.15, 0.2) is 23.1 Å². The van der Waals surface area contributed by atoms with Crippen molar-refractivity contribution in [3.8, 4) is 0 Å². The molecule has 0 amide bonds. The standard InChI is InChI=1S/C17H20FN3O3/c1-3-24-17(23)12-10-19-14-9-13(18)15(8-11(14)16(12)22)21-6-4-20(2)5-7-21/h8-10H,3-7H2,1-2H3,(H,19,22). The topological polar surface area (TPSA) is 65.6 Å². The van der Waals surface area contributed by atoms with Crippen molar-refractivity contribution >= 4 is 22.6 Å². The Morgan fingerprint density at radius 3 is 2.67 bits per heavy atom. The largest absolute Gasteiger partial charge is 0.462 e. The van der Waals surface area contributed by atoms with Gasteiger partial charge < -0.3 is 19.5 Å². The minimum absolute atomic E-state index is 0.0692. The molecule has 0 spiro atoms. The molecule has 1 aliphatic rings. The van der Waals surface area contributed by atoms with Gasteiger partial charge in [-0.05, 0) is 20.0 Å². The molecular formula is C17H20FN3O3. The summed E-state index contributed by atoms with van der Waals surface area (Å²) in [5.74, 6) is -1.06. The molecule has 1 saturated heterocycles. The van der Waals surface area contributed by atoms with Crippen LogP contribution in [0.4, 0.5) is 10.1 Å². The van der Waals surface area contributed by atoms with Gasteiger partial charge >= 0.3 is 5.97 Å². The van der Waals surface area contributed by atoms with Gasteiger partial charge in [0, 0.05) is 43.8 Å². The number of nitrogens with zero attached hydrogens (tertiary/aromatic N) is 2. The molecule has 1 N–H and O–H groups in total. The van der Waals surface area contributed by atoms with E-state index in [0.717, 1.165) is 13.1 Å². The maximum atomic E-state index is 14.4. The Labute approximate surface area is 138 Å². The second-order valence-corrected chi connectivity index (χ2v) is 5.89. The third-order valence-corrected chi connectivity index (χ3v) is 4.29. The van der Waals surface area contributed by atoms with Crippen LogP contribution < -0.4 is 10.3 Å². The van der Waals surface area contributed by atoms with E-state index in [1.165, 1.54) is 18.3 Å². The highest BCUT2D eigenvalue weighted by molar-refractivity contribution is 5.94. The van der Waals surface area contributed by atoms with Gasteiger partial charge in [0.15, 0.2) is 0 Å². The lowest BCUT2D eigenvalue weighted by Crippen LogP contribution is -2.44. The highest BCUT2D eigenvalue weighted by Crippen LogP contribution is 2.24. The predicted octanol–water partition coefficient (Wildman–Crippen LogP) is 1.60. The minimum Gasteiger partial charge on any atom is -0.462 e. The van der Waals surface area contributed by atoms with Crippen molar-refractivity contribution in [2.75, 3.05) is 44.7 Å². The number of nitrogens with one attached hydrogen (secondary N) is 1. The van der Waals surface area contributed by atoms with Crippen molar-refractivity contribution in [2.24, 2.45) is 0 Å². The Kier molecular flexibility index (Phi) is 4.53. The zero-order valence-electron chi connectivity index (χ0n) is 13.8. The molecule has 6 nitrogen and oxygen atoms in total. The molecular weight excluding hydrogens is 313 g/mol. The van der Waals surface area contributed by atoms with E-state index in [9.17, 15) is 14.0 Å². The fourth-order valence-electron chi connectivity index (χ4n) is 2.88. The Hall–Kier alpha value is -2.41. The summed E-state index contributed by atoms with van der Waals surface area (Å²) in [7, 11) is 2.02. The second kappa shape index (κ2) is 6.60. The molecule has 0 unspecified atom stereocenters. The number of fused-ring (bicyclic) bond motifs is 1. The number of ether oxygens (including phenoxy) is 1. The molecule has 1 aliphatic heterocycles. The molecule has 0 atom stereocenters. The van der Waals surface area contributed by atoms with Crippen LogP contribution in [-0.2, 0) is 4.74 Å². The number of hydrogen-bond donors (Lipinski definition) is 1. The zero-order valence-corrected chi connectivity index (χ0v) is 13.8. The summed E-state index contributed by atoms with van der Waals surface area (Å²) in [4.78, 5) is 31.3. The number of esters is 1. The summed E-state index contributed by atoms with van der Waals surface area (Å²) in [6, 6.07) is 2.83. The van der Waals surface area contributed by atoms with Crippen LogP contribution in [-0.4, -0.2) is 55.7 Å². The summed E-state index contributed by atoms with van der Waals surface area (Å²) in [6.07, 6.45) is 1.28.